The van der Waals surface area contributed by atoms with Crippen LogP contribution in [0, 0.1) is 5.82 Å². The van der Waals surface area contributed by atoms with Crippen molar-refractivity contribution in [3.05, 3.63) is 34.6 Å². The van der Waals surface area contributed by atoms with E-state index < -0.39 is 23.7 Å². The molecule has 1 unspecified atom stereocenters. The van der Waals surface area contributed by atoms with Crippen molar-refractivity contribution in [2.24, 2.45) is 0 Å². The van der Waals surface area contributed by atoms with Gasteiger partial charge in [0.1, 0.15) is 11.9 Å². The minimum absolute atomic E-state index is 0.0578. The second-order valence-corrected chi connectivity index (χ2v) is 4.09. The zero-order valence-electron chi connectivity index (χ0n) is 10.00. The van der Waals surface area contributed by atoms with Gasteiger partial charge < -0.3 is 10.1 Å². The van der Waals surface area contributed by atoms with Crippen LogP contribution in [0.4, 0.5) is 4.39 Å². The van der Waals surface area contributed by atoms with E-state index in [0.29, 0.717) is 0 Å². The smallest absolute Gasteiger partial charge is 0.328 e. The number of amides is 1. The van der Waals surface area contributed by atoms with Crippen LogP contribution in [0.3, 0.4) is 0 Å². The Labute approximate surface area is 109 Å². The standard InChI is InChI=1S/C12H13ClFNO3/c1-7(16)15-11(12(17)18-2)6-8-9(13)4-3-5-10(8)14/h3-5,11H,6H2,1-2H3,(H,15,16). The molecule has 4 nitrogen and oxygen atoms in total. The fourth-order valence-corrected chi connectivity index (χ4v) is 1.75. The lowest BCUT2D eigenvalue weighted by molar-refractivity contribution is -0.144. The van der Waals surface area contributed by atoms with Crippen molar-refractivity contribution >= 4 is 23.5 Å². The first kappa shape index (κ1) is 14.4. The molecule has 0 saturated heterocycles. The first-order chi connectivity index (χ1) is 8.45. The van der Waals surface area contributed by atoms with Gasteiger partial charge in [-0.25, -0.2) is 9.18 Å². The number of benzene rings is 1. The van der Waals surface area contributed by atoms with Gasteiger partial charge in [-0.05, 0) is 12.1 Å². The van der Waals surface area contributed by atoms with Crippen LogP contribution in [-0.4, -0.2) is 25.0 Å². The fraction of sp³-hybridized carbons (Fsp3) is 0.333. The summed E-state index contributed by atoms with van der Waals surface area (Å²) in [6.45, 7) is 1.26. The van der Waals surface area contributed by atoms with Crippen LogP contribution in [-0.2, 0) is 20.7 Å². The van der Waals surface area contributed by atoms with Crippen LogP contribution in [0.15, 0.2) is 18.2 Å². The van der Waals surface area contributed by atoms with E-state index in [1.54, 1.807) is 0 Å². The number of halogens is 2. The third kappa shape index (κ3) is 3.70. The normalized spacial score (nSPS) is 11.8. The number of hydrogen-bond donors (Lipinski definition) is 1. The van der Waals surface area contributed by atoms with E-state index in [1.165, 1.54) is 32.2 Å². The molecule has 0 fully saturated rings. The summed E-state index contributed by atoms with van der Waals surface area (Å²) in [5.74, 6) is -1.58. The third-order valence-corrected chi connectivity index (χ3v) is 2.69. The molecule has 0 aliphatic heterocycles. The van der Waals surface area contributed by atoms with Crippen molar-refractivity contribution in [2.75, 3.05) is 7.11 Å². The van der Waals surface area contributed by atoms with E-state index in [9.17, 15) is 14.0 Å². The van der Waals surface area contributed by atoms with Crippen molar-refractivity contribution in [3.63, 3.8) is 0 Å². The Morgan fingerprint density at radius 1 is 1.50 bits per heavy atom. The molecule has 0 aromatic heterocycles. The topological polar surface area (TPSA) is 55.4 Å². The monoisotopic (exact) mass is 273 g/mol. The van der Waals surface area contributed by atoms with E-state index in [4.69, 9.17) is 11.6 Å². The molecule has 1 atom stereocenters. The number of methoxy groups -OCH3 is 1. The number of carbonyl (C=O) groups is 2. The molecule has 0 radical (unpaired) electrons. The van der Waals surface area contributed by atoms with Crippen molar-refractivity contribution in [1.29, 1.82) is 0 Å². The van der Waals surface area contributed by atoms with Gasteiger partial charge in [0.05, 0.1) is 7.11 Å². The molecular weight excluding hydrogens is 261 g/mol. The molecule has 0 bridgehead atoms. The molecule has 0 spiro atoms. The van der Waals surface area contributed by atoms with Crippen LogP contribution >= 0.6 is 11.6 Å². The summed E-state index contributed by atoms with van der Waals surface area (Å²) in [6.07, 6.45) is -0.0578. The number of hydrogen-bond acceptors (Lipinski definition) is 3. The van der Waals surface area contributed by atoms with Crippen molar-refractivity contribution in [2.45, 2.75) is 19.4 Å². The maximum Gasteiger partial charge on any atom is 0.328 e. The van der Waals surface area contributed by atoms with Gasteiger partial charge in [0.15, 0.2) is 0 Å². The van der Waals surface area contributed by atoms with E-state index in [-0.39, 0.29) is 17.0 Å². The molecule has 1 rings (SSSR count). The maximum atomic E-state index is 13.6. The molecule has 18 heavy (non-hydrogen) atoms. The summed E-state index contributed by atoms with van der Waals surface area (Å²) in [6, 6.07) is 3.26. The minimum Gasteiger partial charge on any atom is -0.467 e. The van der Waals surface area contributed by atoms with Gasteiger partial charge in [0.25, 0.3) is 0 Å². The molecule has 1 aromatic rings. The number of carbonyl (C=O) groups excluding carboxylic acids is 2. The largest absolute Gasteiger partial charge is 0.467 e. The van der Waals surface area contributed by atoms with E-state index >= 15 is 0 Å². The van der Waals surface area contributed by atoms with Crippen LogP contribution in [0.2, 0.25) is 5.02 Å². The quantitative estimate of drug-likeness (QED) is 0.850. The van der Waals surface area contributed by atoms with Crippen LogP contribution in [0.1, 0.15) is 12.5 Å². The van der Waals surface area contributed by atoms with Gasteiger partial charge in [0.2, 0.25) is 5.91 Å². The van der Waals surface area contributed by atoms with E-state index in [0.717, 1.165) is 0 Å². The van der Waals surface area contributed by atoms with Gasteiger partial charge in [-0.2, -0.15) is 0 Å². The molecular formula is C12H13ClFNO3. The molecule has 0 aliphatic rings. The van der Waals surface area contributed by atoms with Crippen LogP contribution in [0.5, 0.6) is 0 Å². The zero-order valence-corrected chi connectivity index (χ0v) is 10.8. The first-order valence-electron chi connectivity index (χ1n) is 5.23. The number of rotatable bonds is 4. The average Bonchev–Trinajstić information content (AvgIpc) is 2.31. The number of ether oxygens (including phenoxy) is 1. The summed E-state index contributed by atoms with van der Waals surface area (Å²) in [7, 11) is 1.19. The van der Waals surface area contributed by atoms with E-state index in [1.807, 2.05) is 0 Å². The predicted octanol–water partition coefficient (Wildman–Crippen LogP) is 1.70. The highest BCUT2D eigenvalue weighted by Gasteiger charge is 2.23. The van der Waals surface area contributed by atoms with Crippen molar-refractivity contribution in [3.8, 4) is 0 Å². The van der Waals surface area contributed by atoms with Crippen LogP contribution < -0.4 is 5.32 Å². The molecule has 1 amide bonds. The van der Waals surface area contributed by atoms with Gasteiger partial charge in [-0.1, -0.05) is 17.7 Å². The SMILES string of the molecule is COC(=O)C(Cc1c(F)cccc1Cl)NC(C)=O. The Bertz CT molecular complexity index is 444. The lowest BCUT2D eigenvalue weighted by Gasteiger charge is -2.16. The second-order valence-electron chi connectivity index (χ2n) is 3.68. The molecule has 98 valence electrons. The number of esters is 1. The maximum absolute atomic E-state index is 13.6. The van der Waals surface area contributed by atoms with Crippen molar-refractivity contribution < 1.29 is 18.7 Å². The molecule has 0 heterocycles. The Morgan fingerprint density at radius 3 is 2.67 bits per heavy atom. The highest BCUT2D eigenvalue weighted by molar-refractivity contribution is 6.31. The van der Waals surface area contributed by atoms with E-state index in [2.05, 4.69) is 10.1 Å². The molecule has 0 aliphatic carbocycles. The van der Waals surface area contributed by atoms with Crippen molar-refractivity contribution in [1.82, 2.24) is 5.32 Å². The Hall–Kier alpha value is -1.62. The lowest BCUT2D eigenvalue weighted by Crippen LogP contribution is -2.42. The summed E-state index contributed by atoms with van der Waals surface area (Å²) in [5, 5.41) is 2.60. The summed E-state index contributed by atoms with van der Waals surface area (Å²) < 4.78 is 18.1. The fourth-order valence-electron chi connectivity index (χ4n) is 1.51. The molecule has 6 heteroatoms. The second kappa shape index (κ2) is 6.35. The molecule has 1 aromatic carbocycles. The molecule has 0 saturated carbocycles. The van der Waals surface area contributed by atoms with Gasteiger partial charge in [-0.15, -0.1) is 0 Å². The van der Waals surface area contributed by atoms with Gasteiger partial charge in [-0.3, -0.25) is 4.79 Å². The Morgan fingerprint density at radius 2 is 2.17 bits per heavy atom. The molecule has 1 N–H and O–H groups in total. The lowest BCUT2D eigenvalue weighted by atomic mass is 10.1. The third-order valence-electron chi connectivity index (χ3n) is 2.33. The summed E-state index contributed by atoms with van der Waals surface area (Å²) in [4.78, 5) is 22.5. The predicted molar refractivity (Wildman–Crippen MR) is 64.7 cm³/mol. The zero-order chi connectivity index (χ0) is 13.7. The first-order valence-corrected chi connectivity index (χ1v) is 5.61. The minimum atomic E-state index is -0.957. The number of nitrogens with one attached hydrogen (secondary N) is 1. The average molecular weight is 274 g/mol. The highest BCUT2D eigenvalue weighted by atomic mass is 35.5. The summed E-state index contributed by atoms with van der Waals surface area (Å²) in [5.41, 5.74) is 0.170. The van der Waals surface area contributed by atoms with Gasteiger partial charge >= 0.3 is 5.97 Å². The Kier molecular flexibility index (Phi) is 5.09. The van der Waals surface area contributed by atoms with Gasteiger partial charge in [0, 0.05) is 23.9 Å². The highest BCUT2D eigenvalue weighted by Crippen LogP contribution is 2.20. The summed E-state index contributed by atoms with van der Waals surface area (Å²) >= 11 is 5.85. The van der Waals surface area contributed by atoms with Crippen LogP contribution in [0.25, 0.3) is 0 Å². The Balaban J connectivity index is 2.95.